The van der Waals surface area contributed by atoms with E-state index in [-0.39, 0.29) is 0 Å². The molecule has 0 unspecified atom stereocenters. The number of halogens is 5. The van der Waals surface area contributed by atoms with E-state index < -0.39 is 25.2 Å². The number of amides is 1. The minimum Gasteiger partial charge on any atom is -0.346 e. The summed E-state index contributed by atoms with van der Waals surface area (Å²) in [7, 11) is 0. The van der Waals surface area contributed by atoms with Crippen LogP contribution in [0.4, 0.5) is 22.3 Å². The van der Waals surface area contributed by atoms with Crippen LogP contribution in [0.5, 0.6) is 0 Å². The normalized spacial score (nSPS) is 9.83. The van der Waals surface area contributed by atoms with E-state index in [1.54, 1.807) is 5.32 Å². The monoisotopic (exact) mass is 194 g/mol. The van der Waals surface area contributed by atoms with Crippen LogP contribution in [-0.2, 0) is 4.79 Å². The Morgan fingerprint density at radius 3 is 2.00 bits per heavy atom. The number of hydrogen-bond acceptors (Lipinski definition) is 2. The van der Waals surface area contributed by atoms with E-state index in [2.05, 4.69) is 0 Å². The van der Waals surface area contributed by atoms with Gasteiger partial charge in [-0.1, -0.05) is 0 Å². The summed E-state index contributed by atoms with van der Waals surface area (Å²) in [6.07, 6.45) is -4.36. The van der Waals surface area contributed by atoms with Crippen molar-refractivity contribution in [3.63, 3.8) is 0 Å². The lowest BCUT2D eigenvalue weighted by Crippen LogP contribution is -2.37. The summed E-state index contributed by atoms with van der Waals surface area (Å²) >= 11 is 0. The fourth-order valence-electron chi connectivity index (χ4n) is 0.271. The molecule has 0 atom stereocenters. The zero-order valence-electron chi connectivity index (χ0n) is 5.79. The molecule has 0 aromatic rings. The molecule has 0 rings (SSSR count). The third-order valence-corrected chi connectivity index (χ3v) is 0.671. The second-order valence-electron chi connectivity index (χ2n) is 1.60. The van der Waals surface area contributed by atoms with Crippen LogP contribution in [0.25, 0.3) is 0 Å². The lowest BCUT2D eigenvalue weighted by molar-refractivity contribution is -0.137. The molecule has 0 bridgehead atoms. The highest BCUT2D eigenvalue weighted by Gasteiger charge is 2.27. The fraction of sp³-hybridized carbons (Fsp3) is 0.750. The van der Waals surface area contributed by atoms with Crippen molar-refractivity contribution in [1.29, 1.82) is 0 Å². The average molecular weight is 194 g/mol. The summed E-state index contributed by atoms with van der Waals surface area (Å²) in [5, 5.41) is 1.58. The van der Waals surface area contributed by atoms with Crippen LogP contribution in [-0.4, -0.2) is 25.2 Å². The second kappa shape index (κ2) is 6.77. The Morgan fingerprint density at radius 1 is 1.33 bits per heavy atom. The highest BCUT2D eigenvalue weighted by molar-refractivity contribution is 5.77. The van der Waals surface area contributed by atoms with Crippen molar-refractivity contribution < 1.29 is 27.1 Å². The minimum absolute atomic E-state index is 0.421. The third-order valence-electron chi connectivity index (χ3n) is 0.671. The lowest BCUT2D eigenvalue weighted by atomic mass is 10.5. The fourth-order valence-corrected chi connectivity index (χ4v) is 0.271. The summed E-state index contributed by atoms with van der Waals surface area (Å²) in [5.74, 6) is -0.808. The van der Waals surface area contributed by atoms with Crippen LogP contribution in [0.1, 0.15) is 0 Å². The highest BCUT2D eigenvalue weighted by atomic mass is 20.0. The van der Waals surface area contributed by atoms with Gasteiger partial charge in [-0.25, -0.2) is 0 Å². The van der Waals surface area contributed by atoms with E-state index in [1.807, 2.05) is 0 Å². The lowest BCUT2D eigenvalue weighted by Gasteiger charge is -2.05. The molecule has 0 aliphatic rings. The minimum atomic E-state index is -4.36. The molecule has 0 aliphatic carbocycles. The van der Waals surface area contributed by atoms with Crippen molar-refractivity contribution >= 4 is 5.91 Å². The number of carbonyl (C=O) groups is 1. The number of carbonyl (C=O) groups excluding carboxylic acids is 1. The molecule has 0 aromatic heterocycles. The molecule has 0 aliphatic heterocycles. The van der Waals surface area contributed by atoms with Gasteiger partial charge in [0.1, 0.15) is 6.54 Å². The van der Waals surface area contributed by atoms with Gasteiger partial charge in [-0.2, -0.15) is 13.2 Å². The Labute approximate surface area is 64.6 Å². The van der Waals surface area contributed by atoms with E-state index in [9.17, 15) is 18.0 Å². The number of hydrogen-bond donors (Lipinski definition) is 2. The Kier molecular flexibility index (Phi) is 7.70. The van der Waals surface area contributed by atoms with Gasteiger partial charge >= 0.3 is 6.18 Å². The van der Waals surface area contributed by atoms with Crippen LogP contribution in [0, 0.1) is 0 Å². The molecule has 74 valence electrons. The topological polar surface area (TPSA) is 55.1 Å². The van der Waals surface area contributed by atoms with Crippen LogP contribution in [0.15, 0.2) is 0 Å². The van der Waals surface area contributed by atoms with Crippen LogP contribution < -0.4 is 11.1 Å². The molecule has 0 radical (unpaired) electrons. The zero-order valence-corrected chi connectivity index (χ0v) is 5.79. The molecule has 0 spiro atoms. The molecule has 0 heterocycles. The van der Waals surface area contributed by atoms with E-state index in [0.29, 0.717) is 0 Å². The Balaban J connectivity index is 0. The second-order valence-corrected chi connectivity index (χ2v) is 1.60. The summed E-state index contributed by atoms with van der Waals surface area (Å²) in [5.41, 5.74) is 4.72. The molecule has 0 fully saturated rings. The van der Waals surface area contributed by atoms with Crippen LogP contribution >= 0.6 is 0 Å². The zero-order chi connectivity index (χ0) is 10.2. The standard InChI is InChI=1S/C4H7F3N2O.F2/c5-4(6,7)2-9-3(10)1-8;1-2/h1-2,8H2,(H,9,10);. The molecular formula is C4H7F5N2O. The quantitative estimate of drug-likeness (QED) is 0.627. The first-order chi connectivity index (χ1) is 5.45. The van der Waals surface area contributed by atoms with Crippen molar-refractivity contribution in [2.24, 2.45) is 5.73 Å². The first kappa shape index (κ1) is 13.7. The molecule has 3 nitrogen and oxygen atoms in total. The Hall–Kier alpha value is -0.920. The van der Waals surface area contributed by atoms with Gasteiger partial charge in [-0.3, -0.25) is 4.79 Å². The Bertz CT molecular complexity index is 125. The molecule has 0 aromatic carbocycles. The largest absolute Gasteiger partial charge is 0.405 e. The summed E-state index contributed by atoms with van der Waals surface area (Å²) in [4.78, 5) is 10.1. The number of alkyl halides is 3. The van der Waals surface area contributed by atoms with E-state index >= 15 is 0 Å². The predicted molar refractivity (Wildman–Crippen MR) is 30.3 cm³/mol. The van der Waals surface area contributed by atoms with Gasteiger partial charge in [0.15, 0.2) is 0 Å². The molecular weight excluding hydrogens is 187 g/mol. The van der Waals surface area contributed by atoms with Gasteiger partial charge in [0.05, 0.1) is 6.54 Å². The molecule has 0 saturated heterocycles. The summed E-state index contributed by atoms with van der Waals surface area (Å²) in [6, 6.07) is 0. The summed E-state index contributed by atoms with van der Waals surface area (Å²) < 4.78 is 49.9. The number of rotatable bonds is 2. The van der Waals surface area contributed by atoms with Crippen molar-refractivity contribution in [2.45, 2.75) is 6.18 Å². The van der Waals surface area contributed by atoms with Crippen molar-refractivity contribution in [3.05, 3.63) is 0 Å². The number of nitrogens with two attached hydrogens (primary N) is 1. The molecule has 0 saturated carbocycles. The first-order valence-corrected chi connectivity index (χ1v) is 2.63. The Morgan fingerprint density at radius 2 is 1.75 bits per heavy atom. The van der Waals surface area contributed by atoms with Gasteiger partial charge in [-0.05, 0) is 0 Å². The molecule has 1 amide bonds. The highest BCUT2D eigenvalue weighted by Crippen LogP contribution is 2.11. The van der Waals surface area contributed by atoms with Crippen molar-refractivity contribution in [1.82, 2.24) is 5.32 Å². The van der Waals surface area contributed by atoms with Gasteiger partial charge in [-0.15, -0.1) is 0 Å². The van der Waals surface area contributed by atoms with E-state index in [0.717, 1.165) is 0 Å². The average Bonchev–Trinajstić information content (AvgIpc) is 2.03. The summed E-state index contributed by atoms with van der Waals surface area (Å²) in [6.45, 7) is -1.74. The van der Waals surface area contributed by atoms with Crippen LogP contribution in [0.2, 0.25) is 0 Å². The first-order valence-electron chi connectivity index (χ1n) is 2.63. The maximum absolute atomic E-state index is 11.3. The van der Waals surface area contributed by atoms with E-state index in [4.69, 9.17) is 14.9 Å². The maximum Gasteiger partial charge on any atom is 0.405 e. The SMILES string of the molecule is FF.NCC(=O)NCC(F)(F)F. The van der Waals surface area contributed by atoms with Gasteiger partial charge in [0, 0.05) is 9.15 Å². The molecule has 8 heteroatoms. The predicted octanol–water partition coefficient (Wildman–Crippen LogP) is 0.464. The molecule has 12 heavy (non-hydrogen) atoms. The van der Waals surface area contributed by atoms with E-state index in [1.165, 1.54) is 0 Å². The van der Waals surface area contributed by atoms with Crippen molar-refractivity contribution in [2.75, 3.05) is 13.1 Å². The maximum atomic E-state index is 11.3. The van der Waals surface area contributed by atoms with Gasteiger partial charge < -0.3 is 11.1 Å². The molecule has 3 N–H and O–H groups in total. The number of nitrogens with one attached hydrogen (secondary N) is 1. The van der Waals surface area contributed by atoms with Crippen molar-refractivity contribution in [3.8, 4) is 0 Å². The van der Waals surface area contributed by atoms with Crippen LogP contribution in [0.3, 0.4) is 0 Å². The third kappa shape index (κ3) is 11.8. The van der Waals surface area contributed by atoms with Gasteiger partial charge in [0.2, 0.25) is 5.91 Å². The van der Waals surface area contributed by atoms with Gasteiger partial charge in [0.25, 0.3) is 0 Å². The smallest absolute Gasteiger partial charge is 0.346 e.